The molecule has 1 aromatic rings. The van der Waals surface area contributed by atoms with Crippen LogP contribution in [0.3, 0.4) is 0 Å². The van der Waals surface area contributed by atoms with Crippen LogP contribution in [-0.4, -0.2) is 23.1 Å². The minimum Gasteiger partial charge on any atom is -0.504 e. The Labute approximate surface area is 104 Å². The van der Waals surface area contributed by atoms with Gasteiger partial charge in [0.05, 0.1) is 5.56 Å². The van der Waals surface area contributed by atoms with Crippen molar-refractivity contribution in [3.8, 4) is 5.75 Å². The first-order valence-corrected chi connectivity index (χ1v) is 5.20. The molecule has 5 nitrogen and oxygen atoms in total. The molecule has 0 aromatic heterocycles. The molecule has 0 aliphatic heterocycles. The molecule has 0 spiro atoms. The zero-order chi connectivity index (χ0) is 13.9. The number of carbonyl (C=O) groups is 2. The van der Waals surface area contributed by atoms with Crippen LogP contribution in [0.2, 0.25) is 0 Å². The third-order valence-electron chi connectivity index (χ3n) is 1.87. The lowest BCUT2D eigenvalue weighted by molar-refractivity contribution is 0.0635. The molecule has 98 valence electrons. The molecule has 1 rings (SSSR count). The Hall–Kier alpha value is -2.11. The van der Waals surface area contributed by atoms with Crippen molar-refractivity contribution in [1.82, 2.24) is 0 Å². The SMILES string of the molecule is CC(C)(C)OC(=O)Nc1cc(F)c(O)c(C=O)c1. The molecule has 0 fully saturated rings. The number of hydrogen-bond donors (Lipinski definition) is 2. The molecular weight excluding hydrogens is 241 g/mol. The summed E-state index contributed by atoms with van der Waals surface area (Å²) in [7, 11) is 0. The van der Waals surface area contributed by atoms with Crippen molar-refractivity contribution in [2.24, 2.45) is 0 Å². The van der Waals surface area contributed by atoms with Gasteiger partial charge in [0.25, 0.3) is 0 Å². The van der Waals surface area contributed by atoms with Crippen LogP contribution >= 0.6 is 0 Å². The zero-order valence-electron chi connectivity index (χ0n) is 10.3. The topological polar surface area (TPSA) is 75.6 Å². The van der Waals surface area contributed by atoms with E-state index in [0.29, 0.717) is 6.29 Å². The highest BCUT2D eigenvalue weighted by Gasteiger charge is 2.17. The molecule has 0 atom stereocenters. The number of anilines is 1. The number of ether oxygens (including phenoxy) is 1. The highest BCUT2D eigenvalue weighted by atomic mass is 19.1. The van der Waals surface area contributed by atoms with E-state index < -0.39 is 23.3 Å². The molecule has 6 heteroatoms. The number of phenols is 1. The molecule has 0 bridgehead atoms. The van der Waals surface area contributed by atoms with Crippen molar-refractivity contribution >= 4 is 18.1 Å². The first-order chi connectivity index (χ1) is 8.23. The van der Waals surface area contributed by atoms with E-state index >= 15 is 0 Å². The Bertz CT molecular complexity index is 480. The number of aldehydes is 1. The van der Waals surface area contributed by atoms with Crippen LogP contribution in [-0.2, 0) is 4.74 Å². The smallest absolute Gasteiger partial charge is 0.412 e. The quantitative estimate of drug-likeness (QED) is 0.629. The van der Waals surface area contributed by atoms with Crippen molar-refractivity contribution in [2.45, 2.75) is 26.4 Å². The lowest BCUT2D eigenvalue weighted by Crippen LogP contribution is -2.27. The molecule has 0 aliphatic carbocycles. The van der Waals surface area contributed by atoms with Gasteiger partial charge in [-0.2, -0.15) is 0 Å². The fourth-order valence-electron chi connectivity index (χ4n) is 1.20. The maximum atomic E-state index is 13.2. The van der Waals surface area contributed by atoms with Crippen molar-refractivity contribution in [3.05, 3.63) is 23.5 Å². The van der Waals surface area contributed by atoms with Crippen LogP contribution in [0.15, 0.2) is 12.1 Å². The lowest BCUT2D eigenvalue weighted by Gasteiger charge is -2.19. The number of hydrogen-bond acceptors (Lipinski definition) is 4. The second-order valence-electron chi connectivity index (χ2n) is 4.64. The van der Waals surface area contributed by atoms with Crippen molar-refractivity contribution in [2.75, 3.05) is 5.32 Å². The van der Waals surface area contributed by atoms with Crippen LogP contribution in [0, 0.1) is 5.82 Å². The molecule has 0 saturated heterocycles. The van der Waals surface area contributed by atoms with Gasteiger partial charge in [0.1, 0.15) is 5.60 Å². The summed E-state index contributed by atoms with van der Waals surface area (Å²) in [6.07, 6.45) is -0.483. The largest absolute Gasteiger partial charge is 0.504 e. The fraction of sp³-hybridized carbons (Fsp3) is 0.333. The number of halogens is 1. The van der Waals surface area contributed by atoms with Crippen LogP contribution in [0.5, 0.6) is 5.75 Å². The Morgan fingerprint density at radius 3 is 2.56 bits per heavy atom. The number of benzene rings is 1. The van der Waals surface area contributed by atoms with Crippen LogP contribution in [0.25, 0.3) is 0 Å². The summed E-state index contributed by atoms with van der Waals surface area (Å²) in [5, 5.41) is 11.5. The second kappa shape index (κ2) is 5.03. The number of carbonyl (C=O) groups excluding carboxylic acids is 2. The third kappa shape index (κ3) is 3.73. The van der Waals surface area contributed by atoms with E-state index in [-0.39, 0.29) is 11.3 Å². The van der Waals surface area contributed by atoms with Crippen LogP contribution in [0.1, 0.15) is 31.1 Å². The number of aromatic hydroxyl groups is 1. The predicted molar refractivity (Wildman–Crippen MR) is 63.3 cm³/mol. The lowest BCUT2D eigenvalue weighted by atomic mass is 10.2. The van der Waals surface area contributed by atoms with Crippen molar-refractivity contribution in [3.63, 3.8) is 0 Å². The van der Waals surface area contributed by atoms with Gasteiger partial charge in [0.15, 0.2) is 17.9 Å². The number of amides is 1. The normalized spacial score (nSPS) is 10.9. The van der Waals surface area contributed by atoms with Crippen molar-refractivity contribution in [1.29, 1.82) is 0 Å². The molecule has 0 aliphatic rings. The molecule has 1 amide bonds. The van der Waals surface area contributed by atoms with E-state index in [1.165, 1.54) is 0 Å². The summed E-state index contributed by atoms with van der Waals surface area (Å²) < 4.78 is 18.2. The van der Waals surface area contributed by atoms with Gasteiger partial charge in [-0.25, -0.2) is 9.18 Å². The highest BCUT2D eigenvalue weighted by Crippen LogP contribution is 2.24. The number of rotatable bonds is 2. The van der Waals surface area contributed by atoms with Gasteiger partial charge in [-0.3, -0.25) is 10.1 Å². The Balaban J connectivity index is 2.89. The predicted octanol–water partition coefficient (Wildman–Crippen LogP) is 2.69. The van der Waals surface area contributed by atoms with E-state index in [2.05, 4.69) is 5.32 Å². The molecule has 0 radical (unpaired) electrons. The standard InChI is InChI=1S/C12H14FNO4/c1-12(2,3)18-11(17)14-8-4-7(6-15)10(16)9(13)5-8/h4-6,16H,1-3H3,(H,14,17). The minimum atomic E-state index is -0.995. The summed E-state index contributed by atoms with van der Waals surface area (Å²) in [6, 6.07) is 2.04. The first-order valence-electron chi connectivity index (χ1n) is 5.20. The summed E-state index contributed by atoms with van der Waals surface area (Å²) in [4.78, 5) is 22.0. The maximum absolute atomic E-state index is 13.2. The summed E-state index contributed by atoms with van der Waals surface area (Å²) in [5.41, 5.74) is -0.907. The highest BCUT2D eigenvalue weighted by molar-refractivity contribution is 5.88. The average molecular weight is 255 g/mol. The molecule has 1 aromatic carbocycles. The van der Waals surface area contributed by atoms with Gasteiger partial charge in [-0.15, -0.1) is 0 Å². The third-order valence-corrected chi connectivity index (χ3v) is 1.87. The molecule has 2 N–H and O–H groups in total. The van der Waals surface area contributed by atoms with Gasteiger partial charge >= 0.3 is 6.09 Å². The molecular formula is C12H14FNO4. The summed E-state index contributed by atoms with van der Waals surface area (Å²) in [6.45, 7) is 5.04. The number of nitrogens with one attached hydrogen (secondary N) is 1. The van der Waals surface area contributed by atoms with Gasteiger partial charge in [-0.05, 0) is 26.8 Å². The van der Waals surface area contributed by atoms with Gasteiger partial charge in [-0.1, -0.05) is 0 Å². The van der Waals surface area contributed by atoms with E-state index in [1.807, 2.05) is 0 Å². The van der Waals surface area contributed by atoms with Crippen LogP contribution in [0.4, 0.5) is 14.9 Å². The van der Waals surface area contributed by atoms with E-state index in [1.54, 1.807) is 20.8 Å². The second-order valence-corrected chi connectivity index (χ2v) is 4.64. The molecule has 0 saturated carbocycles. The van der Waals surface area contributed by atoms with E-state index in [4.69, 9.17) is 4.74 Å². The molecule has 0 heterocycles. The minimum absolute atomic E-state index is 0.0293. The van der Waals surface area contributed by atoms with Crippen molar-refractivity contribution < 1.29 is 23.8 Å². The van der Waals surface area contributed by atoms with E-state index in [9.17, 15) is 19.1 Å². The monoisotopic (exact) mass is 255 g/mol. The Morgan fingerprint density at radius 2 is 2.06 bits per heavy atom. The zero-order valence-corrected chi connectivity index (χ0v) is 10.3. The Morgan fingerprint density at radius 1 is 1.44 bits per heavy atom. The first kappa shape index (κ1) is 14.0. The van der Waals surface area contributed by atoms with Gasteiger partial charge in [0, 0.05) is 11.8 Å². The average Bonchev–Trinajstić information content (AvgIpc) is 2.20. The summed E-state index contributed by atoms with van der Waals surface area (Å²) in [5.74, 6) is -1.75. The van der Waals surface area contributed by atoms with Gasteiger partial charge < -0.3 is 9.84 Å². The fourth-order valence-corrected chi connectivity index (χ4v) is 1.20. The van der Waals surface area contributed by atoms with E-state index in [0.717, 1.165) is 12.1 Å². The van der Waals surface area contributed by atoms with Crippen LogP contribution < -0.4 is 5.32 Å². The Kier molecular flexibility index (Phi) is 3.90. The van der Waals surface area contributed by atoms with Gasteiger partial charge in [0.2, 0.25) is 0 Å². The molecule has 18 heavy (non-hydrogen) atoms. The number of phenolic OH excluding ortho intramolecular Hbond substituents is 1. The maximum Gasteiger partial charge on any atom is 0.412 e. The summed E-state index contributed by atoms with van der Waals surface area (Å²) >= 11 is 0. The molecule has 0 unspecified atom stereocenters.